The SMILES string of the molecule is Cc1cncc(CNc2ncc([N+](=O)[O-])c(NC[C@H]3CC[C@H](N)CC3)n2)c1. The Labute approximate surface area is 158 Å². The second-order valence-corrected chi connectivity index (χ2v) is 7.07. The number of aryl methyl sites for hydroxylation is 1. The van der Waals surface area contributed by atoms with Crippen LogP contribution >= 0.6 is 0 Å². The lowest BCUT2D eigenvalue weighted by atomic mass is 9.86. The van der Waals surface area contributed by atoms with Crippen LogP contribution in [-0.2, 0) is 6.54 Å². The zero-order valence-electron chi connectivity index (χ0n) is 15.4. The lowest BCUT2D eigenvalue weighted by Crippen LogP contribution is -2.29. The van der Waals surface area contributed by atoms with E-state index in [-0.39, 0.29) is 17.5 Å². The molecule has 0 radical (unpaired) electrons. The zero-order valence-corrected chi connectivity index (χ0v) is 15.4. The molecule has 27 heavy (non-hydrogen) atoms. The average molecular weight is 371 g/mol. The molecule has 4 N–H and O–H groups in total. The fourth-order valence-corrected chi connectivity index (χ4v) is 3.25. The van der Waals surface area contributed by atoms with Crippen LogP contribution < -0.4 is 16.4 Å². The Balaban J connectivity index is 1.65. The Hall–Kier alpha value is -2.81. The van der Waals surface area contributed by atoms with E-state index >= 15 is 0 Å². The molecule has 2 heterocycles. The van der Waals surface area contributed by atoms with Crippen LogP contribution in [0.4, 0.5) is 17.5 Å². The van der Waals surface area contributed by atoms with Gasteiger partial charge in [0.15, 0.2) is 0 Å². The molecule has 1 aliphatic carbocycles. The van der Waals surface area contributed by atoms with Gasteiger partial charge in [-0.3, -0.25) is 15.1 Å². The molecule has 0 aliphatic heterocycles. The van der Waals surface area contributed by atoms with Crippen molar-refractivity contribution in [1.29, 1.82) is 0 Å². The van der Waals surface area contributed by atoms with Crippen molar-refractivity contribution in [3.63, 3.8) is 0 Å². The van der Waals surface area contributed by atoms with E-state index in [0.717, 1.165) is 36.8 Å². The third kappa shape index (κ3) is 5.33. The van der Waals surface area contributed by atoms with Crippen LogP contribution in [-0.4, -0.2) is 32.5 Å². The standard InChI is InChI=1S/C18H25N7O2/c1-12-6-14(8-20-7-12)10-22-18-23-11-16(25(26)27)17(24-18)21-9-13-2-4-15(19)5-3-13/h6-8,11,13,15H,2-5,9-10,19H2,1H3,(H2,21,22,23,24)/t13-,15-. The van der Waals surface area contributed by atoms with Gasteiger partial charge in [0.1, 0.15) is 6.20 Å². The second kappa shape index (κ2) is 8.72. The third-order valence-electron chi connectivity index (χ3n) is 4.80. The zero-order chi connectivity index (χ0) is 19.2. The topological polar surface area (TPSA) is 132 Å². The molecule has 0 saturated heterocycles. The number of hydrogen-bond acceptors (Lipinski definition) is 8. The summed E-state index contributed by atoms with van der Waals surface area (Å²) in [7, 11) is 0. The molecule has 0 unspecified atom stereocenters. The highest BCUT2D eigenvalue weighted by molar-refractivity contribution is 5.57. The minimum absolute atomic E-state index is 0.120. The molecular formula is C18H25N7O2. The number of hydrogen-bond donors (Lipinski definition) is 3. The summed E-state index contributed by atoms with van der Waals surface area (Å²) in [5.74, 6) is 1.04. The van der Waals surface area contributed by atoms with Gasteiger partial charge in [0, 0.05) is 31.5 Å². The summed E-state index contributed by atoms with van der Waals surface area (Å²) in [5.41, 5.74) is 7.87. The average Bonchev–Trinajstić information content (AvgIpc) is 2.66. The van der Waals surface area contributed by atoms with Crippen molar-refractivity contribution in [2.75, 3.05) is 17.2 Å². The highest BCUT2D eigenvalue weighted by Crippen LogP contribution is 2.26. The fourth-order valence-electron chi connectivity index (χ4n) is 3.25. The first-order valence-electron chi connectivity index (χ1n) is 9.16. The number of nitrogens with two attached hydrogens (primary N) is 1. The molecule has 2 aromatic heterocycles. The van der Waals surface area contributed by atoms with Crippen LogP contribution in [0.5, 0.6) is 0 Å². The van der Waals surface area contributed by atoms with E-state index in [1.54, 1.807) is 12.4 Å². The minimum atomic E-state index is -0.465. The molecule has 0 atom stereocenters. The largest absolute Gasteiger partial charge is 0.364 e. The normalized spacial score (nSPS) is 19.5. The van der Waals surface area contributed by atoms with Crippen LogP contribution in [0.25, 0.3) is 0 Å². The maximum Gasteiger partial charge on any atom is 0.329 e. The molecule has 1 aliphatic rings. The molecule has 2 aromatic rings. The Morgan fingerprint density at radius 1 is 1.22 bits per heavy atom. The predicted octanol–water partition coefficient (Wildman–Crippen LogP) is 2.63. The molecule has 144 valence electrons. The van der Waals surface area contributed by atoms with E-state index in [1.807, 2.05) is 13.0 Å². The summed E-state index contributed by atoms with van der Waals surface area (Å²) >= 11 is 0. The number of nitrogens with zero attached hydrogens (tertiary/aromatic N) is 4. The maximum atomic E-state index is 11.3. The third-order valence-corrected chi connectivity index (χ3v) is 4.80. The molecule has 9 nitrogen and oxygen atoms in total. The Morgan fingerprint density at radius 3 is 2.70 bits per heavy atom. The molecule has 1 fully saturated rings. The minimum Gasteiger partial charge on any atom is -0.364 e. The summed E-state index contributed by atoms with van der Waals surface area (Å²) in [6, 6.07) is 2.29. The molecule has 1 saturated carbocycles. The number of rotatable bonds is 7. The summed E-state index contributed by atoms with van der Waals surface area (Å²) in [4.78, 5) is 23.3. The van der Waals surface area contributed by atoms with Gasteiger partial charge < -0.3 is 16.4 Å². The van der Waals surface area contributed by atoms with Gasteiger partial charge in [-0.15, -0.1) is 0 Å². The highest BCUT2D eigenvalue weighted by Gasteiger charge is 2.21. The first-order valence-corrected chi connectivity index (χ1v) is 9.16. The Bertz CT molecular complexity index is 791. The second-order valence-electron chi connectivity index (χ2n) is 7.07. The number of anilines is 2. The lowest BCUT2D eigenvalue weighted by Gasteiger charge is -2.26. The van der Waals surface area contributed by atoms with Crippen molar-refractivity contribution in [1.82, 2.24) is 15.0 Å². The van der Waals surface area contributed by atoms with E-state index in [4.69, 9.17) is 5.73 Å². The van der Waals surface area contributed by atoms with Crippen molar-refractivity contribution in [3.8, 4) is 0 Å². The first-order chi connectivity index (χ1) is 13.0. The summed E-state index contributed by atoms with van der Waals surface area (Å²) in [6.45, 7) is 3.11. The number of nitrogens with one attached hydrogen (secondary N) is 2. The van der Waals surface area contributed by atoms with Crippen molar-refractivity contribution in [2.24, 2.45) is 11.7 Å². The Kier molecular flexibility index (Phi) is 6.12. The molecule has 0 spiro atoms. The fraction of sp³-hybridized carbons (Fsp3) is 0.500. The molecular weight excluding hydrogens is 346 g/mol. The smallest absolute Gasteiger partial charge is 0.329 e. The summed E-state index contributed by atoms with van der Waals surface area (Å²) in [5, 5.41) is 17.5. The number of nitro groups is 1. The van der Waals surface area contributed by atoms with Crippen LogP contribution in [0, 0.1) is 23.0 Å². The van der Waals surface area contributed by atoms with Gasteiger partial charge in [0.25, 0.3) is 0 Å². The molecule has 0 amide bonds. The van der Waals surface area contributed by atoms with Gasteiger partial charge in [0.2, 0.25) is 11.8 Å². The Morgan fingerprint density at radius 2 is 2.00 bits per heavy atom. The van der Waals surface area contributed by atoms with Crippen LogP contribution in [0.1, 0.15) is 36.8 Å². The van der Waals surface area contributed by atoms with E-state index in [1.165, 1.54) is 6.20 Å². The number of pyridine rings is 1. The summed E-state index contributed by atoms with van der Waals surface area (Å²) in [6.07, 6.45) is 8.83. The molecule has 0 aromatic carbocycles. The van der Waals surface area contributed by atoms with E-state index < -0.39 is 4.92 Å². The van der Waals surface area contributed by atoms with Crippen LogP contribution in [0.15, 0.2) is 24.7 Å². The van der Waals surface area contributed by atoms with E-state index in [9.17, 15) is 10.1 Å². The van der Waals surface area contributed by atoms with E-state index in [2.05, 4.69) is 25.6 Å². The van der Waals surface area contributed by atoms with Gasteiger partial charge in [-0.05, 0) is 49.7 Å². The van der Waals surface area contributed by atoms with Gasteiger partial charge in [-0.25, -0.2) is 4.98 Å². The van der Waals surface area contributed by atoms with Gasteiger partial charge in [-0.1, -0.05) is 6.07 Å². The predicted molar refractivity (Wildman–Crippen MR) is 103 cm³/mol. The van der Waals surface area contributed by atoms with Crippen molar-refractivity contribution >= 4 is 17.5 Å². The monoisotopic (exact) mass is 371 g/mol. The number of aromatic nitrogens is 3. The molecule has 9 heteroatoms. The van der Waals surface area contributed by atoms with Crippen molar-refractivity contribution in [2.45, 2.75) is 45.2 Å². The molecule has 3 rings (SSSR count). The van der Waals surface area contributed by atoms with Gasteiger partial charge in [0.05, 0.1) is 4.92 Å². The quantitative estimate of drug-likeness (QED) is 0.500. The molecule has 0 bridgehead atoms. The van der Waals surface area contributed by atoms with Crippen LogP contribution in [0.2, 0.25) is 0 Å². The highest BCUT2D eigenvalue weighted by atomic mass is 16.6. The van der Waals surface area contributed by atoms with Crippen molar-refractivity contribution in [3.05, 3.63) is 45.9 Å². The van der Waals surface area contributed by atoms with Crippen LogP contribution in [0.3, 0.4) is 0 Å². The van der Waals surface area contributed by atoms with Gasteiger partial charge >= 0.3 is 5.69 Å². The summed E-state index contributed by atoms with van der Waals surface area (Å²) < 4.78 is 0. The first kappa shape index (κ1) is 19.0. The van der Waals surface area contributed by atoms with Crippen molar-refractivity contribution < 1.29 is 4.92 Å². The van der Waals surface area contributed by atoms with Gasteiger partial charge in [-0.2, -0.15) is 4.98 Å². The maximum absolute atomic E-state index is 11.3. The lowest BCUT2D eigenvalue weighted by molar-refractivity contribution is -0.384. The van der Waals surface area contributed by atoms with E-state index in [0.29, 0.717) is 25.0 Å².